The van der Waals surface area contributed by atoms with Crippen molar-refractivity contribution in [2.45, 2.75) is 6.54 Å². The van der Waals surface area contributed by atoms with Crippen LogP contribution in [0.2, 0.25) is 0 Å². The molecule has 0 spiro atoms. The first-order valence-electron chi connectivity index (χ1n) is 7.79. The molecule has 2 heterocycles. The number of piperazine rings is 1. The van der Waals surface area contributed by atoms with E-state index in [1.165, 1.54) is 5.56 Å². The van der Waals surface area contributed by atoms with Crippen LogP contribution in [-0.2, 0) is 13.6 Å². The Hall–Kier alpha value is -2.34. The number of hydrogen-bond acceptors (Lipinski definition) is 4. The van der Waals surface area contributed by atoms with E-state index in [0.29, 0.717) is 11.3 Å². The molecule has 0 saturated carbocycles. The number of para-hydroxylation sites is 1. The lowest BCUT2D eigenvalue weighted by Gasteiger charge is -2.34. The number of amides is 1. The van der Waals surface area contributed by atoms with Gasteiger partial charge in [-0.15, -0.1) is 0 Å². The third-order valence-corrected chi connectivity index (χ3v) is 4.16. The molecule has 1 saturated heterocycles. The van der Waals surface area contributed by atoms with Gasteiger partial charge in [-0.2, -0.15) is 5.10 Å². The molecular weight excluding hydrogens is 292 g/mol. The van der Waals surface area contributed by atoms with Crippen molar-refractivity contribution in [1.82, 2.24) is 19.6 Å². The molecule has 0 aliphatic carbocycles. The molecular formula is C17H22N4O2. The number of aromatic nitrogens is 2. The molecule has 6 nitrogen and oxygen atoms in total. The molecule has 1 aliphatic heterocycles. The van der Waals surface area contributed by atoms with Gasteiger partial charge >= 0.3 is 0 Å². The molecule has 1 fully saturated rings. The monoisotopic (exact) mass is 314 g/mol. The number of rotatable bonds is 4. The number of carbonyl (C=O) groups excluding carboxylic acids is 1. The van der Waals surface area contributed by atoms with Crippen LogP contribution in [0.5, 0.6) is 5.75 Å². The summed E-state index contributed by atoms with van der Waals surface area (Å²) >= 11 is 0. The van der Waals surface area contributed by atoms with E-state index in [1.54, 1.807) is 7.11 Å². The Balaban J connectivity index is 1.59. The molecule has 23 heavy (non-hydrogen) atoms. The number of aryl methyl sites for hydroxylation is 1. The fraction of sp³-hybridized carbons (Fsp3) is 0.412. The van der Waals surface area contributed by atoms with E-state index in [-0.39, 0.29) is 5.91 Å². The maximum absolute atomic E-state index is 12.7. The predicted molar refractivity (Wildman–Crippen MR) is 87.4 cm³/mol. The van der Waals surface area contributed by atoms with Crippen molar-refractivity contribution < 1.29 is 9.53 Å². The van der Waals surface area contributed by atoms with Crippen molar-refractivity contribution in [3.05, 3.63) is 47.8 Å². The van der Waals surface area contributed by atoms with E-state index < -0.39 is 0 Å². The average molecular weight is 314 g/mol. The van der Waals surface area contributed by atoms with Gasteiger partial charge in [0.15, 0.2) is 0 Å². The summed E-state index contributed by atoms with van der Waals surface area (Å²) in [5.74, 6) is 0.679. The van der Waals surface area contributed by atoms with Crippen LogP contribution >= 0.6 is 0 Å². The van der Waals surface area contributed by atoms with E-state index in [2.05, 4.69) is 10.00 Å². The summed E-state index contributed by atoms with van der Waals surface area (Å²) in [6, 6.07) is 7.39. The van der Waals surface area contributed by atoms with Crippen molar-refractivity contribution >= 4 is 5.91 Å². The molecule has 2 aromatic rings. The number of benzene rings is 1. The van der Waals surface area contributed by atoms with Crippen molar-refractivity contribution in [3.8, 4) is 5.75 Å². The molecule has 1 aliphatic rings. The van der Waals surface area contributed by atoms with Gasteiger partial charge in [-0.3, -0.25) is 14.4 Å². The van der Waals surface area contributed by atoms with Crippen molar-refractivity contribution in [2.24, 2.45) is 7.05 Å². The molecule has 6 heteroatoms. The highest BCUT2D eigenvalue weighted by Crippen LogP contribution is 2.20. The Morgan fingerprint density at radius 2 is 1.96 bits per heavy atom. The molecule has 1 aromatic heterocycles. The molecule has 0 atom stereocenters. The van der Waals surface area contributed by atoms with Crippen LogP contribution < -0.4 is 4.74 Å². The second-order valence-electron chi connectivity index (χ2n) is 5.79. The van der Waals surface area contributed by atoms with E-state index in [0.717, 1.165) is 32.7 Å². The minimum atomic E-state index is 0.0449. The summed E-state index contributed by atoms with van der Waals surface area (Å²) in [7, 11) is 3.52. The van der Waals surface area contributed by atoms with Gasteiger partial charge in [0.2, 0.25) is 0 Å². The maximum Gasteiger partial charge on any atom is 0.257 e. The average Bonchev–Trinajstić information content (AvgIpc) is 3.00. The topological polar surface area (TPSA) is 50.6 Å². The van der Waals surface area contributed by atoms with E-state index in [9.17, 15) is 4.79 Å². The summed E-state index contributed by atoms with van der Waals surface area (Å²) < 4.78 is 7.11. The summed E-state index contributed by atoms with van der Waals surface area (Å²) in [6.45, 7) is 4.09. The van der Waals surface area contributed by atoms with Gasteiger partial charge in [0.25, 0.3) is 5.91 Å². The first-order valence-corrected chi connectivity index (χ1v) is 7.79. The van der Waals surface area contributed by atoms with Gasteiger partial charge in [-0.25, -0.2) is 0 Å². The minimum absolute atomic E-state index is 0.0449. The van der Waals surface area contributed by atoms with Crippen molar-refractivity contribution in [2.75, 3.05) is 33.3 Å². The van der Waals surface area contributed by atoms with Gasteiger partial charge in [0.05, 0.1) is 18.9 Å². The third kappa shape index (κ3) is 3.53. The molecule has 1 aromatic carbocycles. The molecule has 1 amide bonds. The second-order valence-corrected chi connectivity index (χ2v) is 5.79. The number of hydrogen-bond donors (Lipinski definition) is 0. The lowest BCUT2D eigenvalue weighted by atomic mass is 10.1. The fourth-order valence-corrected chi connectivity index (χ4v) is 2.91. The quantitative estimate of drug-likeness (QED) is 0.856. The van der Waals surface area contributed by atoms with E-state index in [1.807, 2.05) is 53.3 Å². The van der Waals surface area contributed by atoms with Gasteiger partial charge in [-0.1, -0.05) is 12.1 Å². The Kier molecular flexibility index (Phi) is 4.62. The standard InChI is InChI=1S/C17H22N4O2/c1-19-12-14(11-18-19)13-20-7-9-21(10-8-20)17(22)15-5-3-4-6-16(15)23-2/h3-6,11-12H,7-10,13H2,1-2H3. The molecule has 0 unspecified atom stereocenters. The van der Waals surface area contributed by atoms with Crippen LogP contribution in [-0.4, -0.2) is 58.8 Å². The minimum Gasteiger partial charge on any atom is -0.496 e. The zero-order valence-corrected chi connectivity index (χ0v) is 13.6. The smallest absolute Gasteiger partial charge is 0.257 e. The van der Waals surface area contributed by atoms with E-state index >= 15 is 0 Å². The zero-order chi connectivity index (χ0) is 16.2. The van der Waals surface area contributed by atoms with E-state index in [4.69, 9.17) is 4.74 Å². The van der Waals surface area contributed by atoms with Crippen LogP contribution in [0, 0.1) is 0 Å². The summed E-state index contributed by atoms with van der Waals surface area (Å²) in [5.41, 5.74) is 1.84. The van der Waals surface area contributed by atoms with Crippen LogP contribution in [0.3, 0.4) is 0 Å². The molecule has 0 bridgehead atoms. The van der Waals surface area contributed by atoms with Crippen molar-refractivity contribution in [1.29, 1.82) is 0 Å². The Morgan fingerprint density at radius 3 is 2.61 bits per heavy atom. The highest BCUT2D eigenvalue weighted by atomic mass is 16.5. The first kappa shape index (κ1) is 15.6. The molecule has 0 N–H and O–H groups in total. The highest BCUT2D eigenvalue weighted by molar-refractivity contribution is 5.97. The van der Waals surface area contributed by atoms with Gasteiger partial charge in [0, 0.05) is 51.5 Å². The number of nitrogens with zero attached hydrogens (tertiary/aromatic N) is 4. The number of methoxy groups -OCH3 is 1. The molecule has 3 rings (SSSR count). The van der Waals surface area contributed by atoms with Gasteiger partial charge in [0.1, 0.15) is 5.75 Å². The lowest BCUT2D eigenvalue weighted by Crippen LogP contribution is -2.48. The fourth-order valence-electron chi connectivity index (χ4n) is 2.91. The van der Waals surface area contributed by atoms with Crippen molar-refractivity contribution in [3.63, 3.8) is 0 Å². The van der Waals surface area contributed by atoms with Crippen LogP contribution in [0.15, 0.2) is 36.7 Å². The highest BCUT2D eigenvalue weighted by Gasteiger charge is 2.24. The van der Waals surface area contributed by atoms with Gasteiger partial charge in [-0.05, 0) is 12.1 Å². The zero-order valence-electron chi connectivity index (χ0n) is 13.6. The Labute approximate surface area is 136 Å². The lowest BCUT2D eigenvalue weighted by molar-refractivity contribution is 0.0625. The number of ether oxygens (including phenoxy) is 1. The summed E-state index contributed by atoms with van der Waals surface area (Å²) in [6.07, 6.45) is 3.93. The van der Waals surface area contributed by atoms with Crippen LogP contribution in [0.1, 0.15) is 15.9 Å². The number of carbonyl (C=O) groups is 1. The van der Waals surface area contributed by atoms with Gasteiger partial charge < -0.3 is 9.64 Å². The first-order chi connectivity index (χ1) is 11.2. The Bertz CT molecular complexity index is 675. The Morgan fingerprint density at radius 1 is 1.22 bits per heavy atom. The predicted octanol–water partition coefficient (Wildman–Crippen LogP) is 1.39. The molecule has 0 radical (unpaired) electrons. The SMILES string of the molecule is COc1ccccc1C(=O)N1CCN(Cc2cnn(C)c2)CC1. The molecule has 122 valence electrons. The summed E-state index contributed by atoms with van der Waals surface area (Å²) in [4.78, 5) is 16.9. The normalized spacial score (nSPS) is 15.7. The largest absolute Gasteiger partial charge is 0.496 e. The maximum atomic E-state index is 12.7. The summed E-state index contributed by atoms with van der Waals surface area (Å²) in [5, 5.41) is 4.20. The third-order valence-electron chi connectivity index (χ3n) is 4.16. The second kappa shape index (κ2) is 6.83. The van der Waals surface area contributed by atoms with Crippen LogP contribution in [0.25, 0.3) is 0 Å². The van der Waals surface area contributed by atoms with Crippen LogP contribution in [0.4, 0.5) is 0 Å².